The highest BCUT2D eigenvalue weighted by atomic mass is 19.4. The van der Waals surface area contributed by atoms with E-state index in [0.717, 1.165) is 0 Å². The Morgan fingerprint density at radius 2 is 1.86 bits per heavy atom. The Bertz CT molecular complexity index is 565. The molecule has 1 heterocycles. The van der Waals surface area contributed by atoms with Gasteiger partial charge < -0.3 is 9.84 Å². The van der Waals surface area contributed by atoms with Crippen LogP contribution in [-0.2, 0) is 10.9 Å². The van der Waals surface area contributed by atoms with E-state index in [2.05, 4.69) is 4.98 Å². The number of carboxylic acids is 1. The van der Waals surface area contributed by atoms with Gasteiger partial charge in [-0.15, -0.1) is 0 Å². The Kier molecular flexibility index (Phi) is 4.45. The van der Waals surface area contributed by atoms with Crippen LogP contribution < -0.4 is 5.32 Å². The predicted octanol–water partition coefficient (Wildman–Crippen LogP) is 3.15. The van der Waals surface area contributed by atoms with Gasteiger partial charge in [-0.3, -0.25) is 5.32 Å². The smallest absolute Gasteiger partial charge is 0.417 e. The van der Waals surface area contributed by atoms with Gasteiger partial charge in [-0.05, 0) is 26.8 Å². The first kappa shape index (κ1) is 16.7. The van der Waals surface area contributed by atoms with E-state index in [1.54, 1.807) is 20.8 Å². The maximum absolute atomic E-state index is 12.5. The Hall–Kier alpha value is -2.32. The molecule has 0 unspecified atom stereocenters. The van der Waals surface area contributed by atoms with Crippen molar-refractivity contribution >= 4 is 17.9 Å². The molecule has 1 rings (SSSR count). The number of hydrogen-bond donors (Lipinski definition) is 2. The van der Waals surface area contributed by atoms with E-state index in [4.69, 9.17) is 9.84 Å². The number of rotatable bonds is 2. The number of aromatic carboxylic acids is 1. The summed E-state index contributed by atoms with van der Waals surface area (Å²) in [6, 6.07) is 0.391. The zero-order valence-corrected chi connectivity index (χ0v) is 11.4. The second-order valence-corrected chi connectivity index (χ2v) is 5.05. The summed E-state index contributed by atoms with van der Waals surface area (Å²) < 4.78 is 42.4. The Labute approximate surface area is 117 Å². The van der Waals surface area contributed by atoms with Gasteiger partial charge >= 0.3 is 18.2 Å². The minimum atomic E-state index is -4.73. The van der Waals surface area contributed by atoms with Crippen LogP contribution in [0, 0.1) is 0 Å². The number of halogens is 3. The van der Waals surface area contributed by atoms with Crippen LogP contribution in [0.25, 0.3) is 0 Å². The molecule has 1 aromatic rings. The molecule has 2 N–H and O–H groups in total. The lowest BCUT2D eigenvalue weighted by molar-refractivity contribution is -0.137. The summed E-state index contributed by atoms with van der Waals surface area (Å²) in [5.74, 6) is -2.18. The molecule has 0 saturated carbocycles. The van der Waals surface area contributed by atoms with Gasteiger partial charge in [0.2, 0.25) is 0 Å². The highest BCUT2D eigenvalue weighted by Crippen LogP contribution is 2.30. The monoisotopic (exact) mass is 306 g/mol. The fourth-order valence-electron chi connectivity index (χ4n) is 1.28. The second kappa shape index (κ2) is 5.58. The Morgan fingerprint density at radius 1 is 1.29 bits per heavy atom. The minimum Gasteiger partial charge on any atom is -0.478 e. The predicted molar refractivity (Wildman–Crippen MR) is 66.1 cm³/mol. The lowest BCUT2D eigenvalue weighted by Gasteiger charge is -2.20. The number of nitrogens with zero attached hydrogens (tertiary/aromatic N) is 1. The van der Waals surface area contributed by atoms with Crippen LogP contribution in [0.15, 0.2) is 12.3 Å². The SMILES string of the molecule is CC(C)(C)OC(=O)Nc1ncc(C(F)(F)F)cc1C(=O)O. The van der Waals surface area contributed by atoms with Crippen molar-refractivity contribution in [1.82, 2.24) is 4.98 Å². The largest absolute Gasteiger partial charge is 0.478 e. The summed E-state index contributed by atoms with van der Waals surface area (Å²) in [5.41, 5.74) is -2.86. The van der Waals surface area contributed by atoms with E-state index in [0.29, 0.717) is 12.3 Å². The van der Waals surface area contributed by atoms with Crippen molar-refractivity contribution in [3.05, 3.63) is 23.4 Å². The number of hydrogen-bond acceptors (Lipinski definition) is 4. The zero-order chi connectivity index (χ0) is 16.4. The van der Waals surface area contributed by atoms with E-state index in [1.165, 1.54) is 0 Å². The van der Waals surface area contributed by atoms with Gasteiger partial charge in [0.05, 0.1) is 5.56 Å². The van der Waals surface area contributed by atoms with Crippen molar-refractivity contribution in [2.75, 3.05) is 5.32 Å². The minimum absolute atomic E-state index is 0.391. The van der Waals surface area contributed by atoms with Gasteiger partial charge in [-0.1, -0.05) is 0 Å². The first-order chi connectivity index (χ1) is 9.40. The molecule has 1 aromatic heterocycles. The molecule has 0 radical (unpaired) electrons. The van der Waals surface area contributed by atoms with Gasteiger partial charge in [0.25, 0.3) is 0 Å². The molecule has 0 bridgehead atoms. The maximum atomic E-state index is 12.5. The van der Waals surface area contributed by atoms with Crippen LogP contribution >= 0.6 is 0 Å². The maximum Gasteiger partial charge on any atom is 0.417 e. The van der Waals surface area contributed by atoms with Crippen molar-refractivity contribution in [1.29, 1.82) is 0 Å². The molecule has 6 nitrogen and oxygen atoms in total. The molecule has 9 heteroatoms. The molecule has 116 valence electrons. The summed E-state index contributed by atoms with van der Waals surface area (Å²) in [6.45, 7) is 4.72. The van der Waals surface area contributed by atoms with Crippen molar-refractivity contribution < 1.29 is 32.6 Å². The molecule has 0 aromatic carbocycles. The average molecular weight is 306 g/mol. The number of alkyl halides is 3. The number of pyridine rings is 1. The molecule has 21 heavy (non-hydrogen) atoms. The summed E-state index contributed by atoms with van der Waals surface area (Å²) in [7, 11) is 0. The first-order valence-corrected chi connectivity index (χ1v) is 5.70. The third-order valence-electron chi connectivity index (χ3n) is 2.06. The third kappa shape index (κ3) is 4.93. The van der Waals surface area contributed by atoms with Gasteiger partial charge in [0.1, 0.15) is 17.0 Å². The molecule has 0 spiro atoms. The van der Waals surface area contributed by atoms with Gasteiger partial charge in [0.15, 0.2) is 0 Å². The molecule has 0 aliphatic carbocycles. The topological polar surface area (TPSA) is 88.5 Å². The quantitative estimate of drug-likeness (QED) is 0.876. The molecule has 0 fully saturated rings. The van der Waals surface area contributed by atoms with Crippen molar-refractivity contribution in [2.24, 2.45) is 0 Å². The van der Waals surface area contributed by atoms with E-state index in [-0.39, 0.29) is 0 Å². The summed E-state index contributed by atoms with van der Waals surface area (Å²) in [4.78, 5) is 25.8. The van der Waals surface area contributed by atoms with E-state index in [1.807, 2.05) is 5.32 Å². The third-order valence-corrected chi connectivity index (χ3v) is 2.06. The van der Waals surface area contributed by atoms with Gasteiger partial charge in [0, 0.05) is 6.20 Å². The summed E-state index contributed by atoms with van der Waals surface area (Å²) in [6.07, 6.45) is -5.32. The lowest BCUT2D eigenvalue weighted by atomic mass is 10.2. The van der Waals surface area contributed by atoms with Crippen LogP contribution in [0.2, 0.25) is 0 Å². The van der Waals surface area contributed by atoms with E-state index >= 15 is 0 Å². The summed E-state index contributed by atoms with van der Waals surface area (Å²) >= 11 is 0. The van der Waals surface area contributed by atoms with Crippen LogP contribution in [0.5, 0.6) is 0 Å². The number of carbonyl (C=O) groups excluding carboxylic acids is 1. The number of carbonyl (C=O) groups is 2. The lowest BCUT2D eigenvalue weighted by Crippen LogP contribution is -2.28. The van der Waals surface area contributed by atoms with Crippen LogP contribution in [0.1, 0.15) is 36.7 Å². The number of carboxylic acid groups (broad SMARTS) is 1. The van der Waals surface area contributed by atoms with Crippen molar-refractivity contribution in [2.45, 2.75) is 32.5 Å². The molecule has 0 saturated heterocycles. The second-order valence-electron chi connectivity index (χ2n) is 5.05. The number of anilines is 1. The average Bonchev–Trinajstić information content (AvgIpc) is 2.24. The molecule has 0 aliphatic rings. The number of ether oxygens (including phenoxy) is 1. The highest BCUT2D eigenvalue weighted by Gasteiger charge is 2.33. The number of nitrogens with one attached hydrogen (secondary N) is 1. The number of aromatic nitrogens is 1. The van der Waals surface area contributed by atoms with E-state index in [9.17, 15) is 22.8 Å². The van der Waals surface area contributed by atoms with Crippen molar-refractivity contribution in [3.63, 3.8) is 0 Å². The molecule has 0 aliphatic heterocycles. The summed E-state index contributed by atoms with van der Waals surface area (Å²) in [5, 5.41) is 10.9. The molecule has 1 amide bonds. The van der Waals surface area contributed by atoms with E-state index < -0.39 is 40.8 Å². The van der Waals surface area contributed by atoms with Crippen LogP contribution in [-0.4, -0.2) is 27.8 Å². The molecular formula is C12H13F3N2O4. The highest BCUT2D eigenvalue weighted by molar-refractivity contribution is 5.97. The van der Waals surface area contributed by atoms with Crippen LogP contribution in [0.3, 0.4) is 0 Å². The molecule has 0 atom stereocenters. The van der Waals surface area contributed by atoms with Crippen molar-refractivity contribution in [3.8, 4) is 0 Å². The van der Waals surface area contributed by atoms with Gasteiger partial charge in [-0.2, -0.15) is 13.2 Å². The first-order valence-electron chi connectivity index (χ1n) is 5.70. The van der Waals surface area contributed by atoms with Crippen LogP contribution in [0.4, 0.5) is 23.8 Å². The molecular weight excluding hydrogens is 293 g/mol. The normalized spacial score (nSPS) is 11.9. The van der Waals surface area contributed by atoms with Gasteiger partial charge in [-0.25, -0.2) is 14.6 Å². The fraction of sp³-hybridized carbons (Fsp3) is 0.417. The number of amides is 1. The Morgan fingerprint density at radius 3 is 2.29 bits per heavy atom. The standard InChI is InChI=1S/C12H13F3N2O4/c1-11(2,3)21-10(20)17-8-7(9(18)19)4-6(5-16-8)12(13,14)15/h4-5H,1-3H3,(H,18,19)(H,16,17,20). The fourth-order valence-corrected chi connectivity index (χ4v) is 1.28. The Balaban J connectivity index is 3.08. The zero-order valence-electron chi connectivity index (χ0n) is 11.4.